The number of piperidine rings is 1. The molecule has 0 spiro atoms. The fraction of sp³-hybridized carbons (Fsp3) is 0.778. The predicted molar refractivity (Wildman–Crippen MR) is 117 cm³/mol. The van der Waals surface area contributed by atoms with Crippen molar-refractivity contribution in [2.75, 3.05) is 31.6 Å². The summed E-state index contributed by atoms with van der Waals surface area (Å²) in [5, 5.41) is 11.3. The van der Waals surface area contributed by atoms with Crippen molar-refractivity contribution in [3.8, 4) is 0 Å². The average Bonchev–Trinajstić information content (AvgIpc) is 3.00. The molecule has 2 rings (SSSR count). The van der Waals surface area contributed by atoms with Gasteiger partial charge in [0.1, 0.15) is 0 Å². The molecule has 0 bridgehead atoms. The number of nitrogens with zero attached hydrogens (tertiary/aromatic N) is 4. The monoisotopic (exact) mass is 462 g/mol. The quantitative estimate of drug-likeness (QED) is 0.283. The average molecular weight is 462 g/mol. The normalized spacial score (nSPS) is 18.2. The molecule has 0 radical (unpaired) electrons. The smallest absolute Gasteiger partial charge is 0.191 e. The van der Waals surface area contributed by atoms with Gasteiger partial charge in [-0.15, -0.1) is 24.0 Å². The van der Waals surface area contributed by atoms with Crippen molar-refractivity contribution < 1.29 is 0 Å². The summed E-state index contributed by atoms with van der Waals surface area (Å²) in [7, 11) is 3.82. The molecule has 25 heavy (non-hydrogen) atoms. The highest BCUT2D eigenvalue weighted by Gasteiger charge is 2.21. The number of aryl methyl sites for hydroxylation is 1. The van der Waals surface area contributed by atoms with Crippen LogP contribution < -0.4 is 15.5 Å². The second-order valence-corrected chi connectivity index (χ2v) is 7.19. The number of unbranched alkanes of at least 4 members (excludes halogenated alkanes) is 1. The van der Waals surface area contributed by atoms with E-state index in [1.54, 1.807) is 0 Å². The SMILES string of the molecule is CN=C(NCCCCC(C)C)NC1CCCN(c2cnn(C)c2)C1.I. The lowest BCUT2D eigenvalue weighted by Gasteiger charge is -2.34. The van der Waals surface area contributed by atoms with Crippen LogP contribution in [0.4, 0.5) is 5.69 Å². The Morgan fingerprint density at radius 2 is 2.20 bits per heavy atom. The minimum absolute atomic E-state index is 0. The Hall–Kier alpha value is -0.990. The van der Waals surface area contributed by atoms with Crippen LogP contribution in [-0.2, 0) is 7.05 Å². The summed E-state index contributed by atoms with van der Waals surface area (Å²) in [5.41, 5.74) is 1.21. The number of aromatic nitrogens is 2. The number of aliphatic imine (C=N–C) groups is 1. The number of nitrogens with one attached hydrogen (secondary N) is 2. The largest absolute Gasteiger partial charge is 0.367 e. The molecule has 6 nitrogen and oxygen atoms in total. The van der Waals surface area contributed by atoms with Gasteiger partial charge in [-0.05, 0) is 25.2 Å². The molecule has 0 aliphatic carbocycles. The lowest BCUT2D eigenvalue weighted by Crippen LogP contribution is -2.51. The van der Waals surface area contributed by atoms with E-state index in [1.165, 1.54) is 37.8 Å². The molecule has 0 aromatic carbocycles. The van der Waals surface area contributed by atoms with Crippen molar-refractivity contribution in [3.05, 3.63) is 12.4 Å². The Morgan fingerprint density at radius 3 is 2.84 bits per heavy atom. The van der Waals surface area contributed by atoms with E-state index in [0.29, 0.717) is 6.04 Å². The fourth-order valence-electron chi connectivity index (χ4n) is 3.17. The highest BCUT2D eigenvalue weighted by atomic mass is 127. The van der Waals surface area contributed by atoms with Crippen LogP contribution in [-0.4, -0.2) is 48.5 Å². The summed E-state index contributed by atoms with van der Waals surface area (Å²) >= 11 is 0. The van der Waals surface area contributed by atoms with Crippen LogP contribution in [0.5, 0.6) is 0 Å². The summed E-state index contributed by atoms with van der Waals surface area (Å²) in [5.74, 6) is 1.72. The van der Waals surface area contributed by atoms with Gasteiger partial charge in [-0.25, -0.2) is 0 Å². The number of hydrogen-bond acceptors (Lipinski definition) is 3. The lowest BCUT2D eigenvalue weighted by molar-refractivity contribution is 0.466. The first-order valence-electron chi connectivity index (χ1n) is 9.29. The van der Waals surface area contributed by atoms with Crippen LogP contribution in [0, 0.1) is 5.92 Å². The molecule has 2 N–H and O–H groups in total. The molecule has 0 amide bonds. The first-order valence-corrected chi connectivity index (χ1v) is 9.29. The first-order chi connectivity index (χ1) is 11.6. The van der Waals surface area contributed by atoms with Crippen molar-refractivity contribution in [2.24, 2.45) is 18.0 Å². The van der Waals surface area contributed by atoms with E-state index in [4.69, 9.17) is 0 Å². The zero-order valence-electron chi connectivity index (χ0n) is 16.2. The van der Waals surface area contributed by atoms with Gasteiger partial charge in [-0.2, -0.15) is 5.10 Å². The zero-order valence-corrected chi connectivity index (χ0v) is 18.5. The Morgan fingerprint density at radius 1 is 1.40 bits per heavy atom. The van der Waals surface area contributed by atoms with E-state index in [9.17, 15) is 0 Å². The Balaban J connectivity index is 0.00000312. The molecule has 1 aliphatic heterocycles. The molecule has 1 aromatic heterocycles. The predicted octanol–water partition coefficient (Wildman–Crippen LogP) is 3.00. The molecule has 1 fully saturated rings. The van der Waals surface area contributed by atoms with Crippen LogP contribution in [0.15, 0.2) is 17.4 Å². The van der Waals surface area contributed by atoms with Crippen molar-refractivity contribution in [1.82, 2.24) is 20.4 Å². The summed E-state index contributed by atoms with van der Waals surface area (Å²) in [6, 6.07) is 0.431. The number of anilines is 1. The Kier molecular flexibility index (Phi) is 10.2. The standard InChI is InChI=1S/C18H34N6.HI/c1-15(2)8-5-6-10-20-18(19-3)22-16-9-7-11-24(13-16)17-12-21-23(4)14-17;/h12,14-16H,5-11,13H2,1-4H3,(H2,19,20,22);1H. The van der Waals surface area contributed by atoms with Crippen molar-refractivity contribution >= 4 is 35.6 Å². The van der Waals surface area contributed by atoms with Gasteiger partial charge >= 0.3 is 0 Å². The maximum absolute atomic E-state index is 4.38. The summed E-state index contributed by atoms with van der Waals surface area (Å²) < 4.78 is 1.87. The van der Waals surface area contributed by atoms with Gasteiger partial charge in [0.2, 0.25) is 0 Å². The summed E-state index contributed by atoms with van der Waals surface area (Å²) in [6.45, 7) is 7.66. The van der Waals surface area contributed by atoms with Crippen molar-refractivity contribution in [3.63, 3.8) is 0 Å². The van der Waals surface area contributed by atoms with E-state index in [-0.39, 0.29) is 24.0 Å². The van der Waals surface area contributed by atoms with E-state index in [2.05, 4.69) is 45.7 Å². The van der Waals surface area contributed by atoms with Crippen LogP contribution in [0.25, 0.3) is 0 Å². The van der Waals surface area contributed by atoms with Crippen LogP contribution in [0.3, 0.4) is 0 Å². The second-order valence-electron chi connectivity index (χ2n) is 7.19. The second kappa shape index (κ2) is 11.6. The molecule has 1 saturated heterocycles. The van der Waals surface area contributed by atoms with E-state index in [1.807, 2.05) is 25.0 Å². The van der Waals surface area contributed by atoms with Gasteiger partial charge in [0.15, 0.2) is 5.96 Å². The van der Waals surface area contributed by atoms with E-state index in [0.717, 1.165) is 31.5 Å². The van der Waals surface area contributed by atoms with Gasteiger partial charge in [-0.3, -0.25) is 9.67 Å². The number of hydrogen-bond donors (Lipinski definition) is 2. The molecule has 1 aliphatic rings. The summed E-state index contributed by atoms with van der Waals surface area (Å²) in [4.78, 5) is 6.78. The lowest BCUT2D eigenvalue weighted by atomic mass is 10.1. The summed E-state index contributed by atoms with van der Waals surface area (Å²) in [6.07, 6.45) is 10.2. The zero-order chi connectivity index (χ0) is 17.4. The minimum Gasteiger partial charge on any atom is -0.367 e. The van der Waals surface area contributed by atoms with Gasteiger partial charge in [0.25, 0.3) is 0 Å². The topological polar surface area (TPSA) is 57.5 Å². The van der Waals surface area contributed by atoms with Gasteiger partial charge in [-0.1, -0.05) is 26.7 Å². The third-order valence-corrected chi connectivity index (χ3v) is 4.54. The molecule has 2 heterocycles. The molecule has 144 valence electrons. The maximum atomic E-state index is 4.38. The van der Waals surface area contributed by atoms with Crippen LogP contribution in [0.2, 0.25) is 0 Å². The Labute approximate surface area is 169 Å². The molecule has 1 aromatic rings. The number of halogens is 1. The molecule has 1 unspecified atom stereocenters. The van der Waals surface area contributed by atoms with Gasteiger partial charge in [0.05, 0.1) is 11.9 Å². The molecular formula is C18H35IN6. The van der Waals surface area contributed by atoms with Crippen molar-refractivity contribution in [2.45, 2.75) is 52.0 Å². The van der Waals surface area contributed by atoms with E-state index < -0.39 is 0 Å². The third-order valence-electron chi connectivity index (χ3n) is 4.54. The van der Waals surface area contributed by atoms with Gasteiger partial charge < -0.3 is 15.5 Å². The molecule has 7 heteroatoms. The highest BCUT2D eigenvalue weighted by Crippen LogP contribution is 2.18. The van der Waals surface area contributed by atoms with Gasteiger partial charge in [0, 0.05) is 46.0 Å². The highest BCUT2D eigenvalue weighted by molar-refractivity contribution is 14.0. The molecular weight excluding hydrogens is 427 g/mol. The first kappa shape index (κ1) is 22.1. The minimum atomic E-state index is 0. The van der Waals surface area contributed by atoms with Crippen LogP contribution in [0.1, 0.15) is 46.0 Å². The number of rotatable bonds is 7. The molecule has 1 atom stereocenters. The maximum Gasteiger partial charge on any atom is 0.191 e. The number of guanidine groups is 1. The van der Waals surface area contributed by atoms with Crippen LogP contribution >= 0.6 is 24.0 Å². The molecule has 0 saturated carbocycles. The van der Waals surface area contributed by atoms with E-state index >= 15 is 0 Å². The van der Waals surface area contributed by atoms with Crippen molar-refractivity contribution in [1.29, 1.82) is 0 Å². The fourth-order valence-corrected chi connectivity index (χ4v) is 3.17. The Bertz CT molecular complexity index is 513. The third kappa shape index (κ3) is 7.83.